The maximum Gasteiger partial charge on any atom is 0.251 e. The summed E-state index contributed by atoms with van der Waals surface area (Å²) in [4.78, 5) is 11.9. The number of piperidine rings is 1. The Morgan fingerprint density at radius 1 is 1.33 bits per heavy atom. The van der Waals surface area contributed by atoms with Crippen molar-refractivity contribution in [3.05, 3.63) is 35.6 Å². The van der Waals surface area contributed by atoms with E-state index in [0.29, 0.717) is 12.1 Å². The third kappa shape index (κ3) is 3.29. The first-order valence-corrected chi connectivity index (χ1v) is 6.34. The normalized spacial score (nSPS) is 18.3. The minimum atomic E-state index is -0.322. The van der Waals surface area contributed by atoms with Gasteiger partial charge in [0.1, 0.15) is 5.82 Å². The van der Waals surface area contributed by atoms with Crippen molar-refractivity contribution in [2.24, 2.45) is 5.41 Å². The summed E-state index contributed by atoms with van der Waals surface area (Å²) in [6, 6.07) is 5.63. The van der Waals surface area contributed by atoms with Crippen molar-refractivity contribution in [3.8, 4) is 0 Å². The highest BCUT2D eigenvalue weighted by molar-refractivity contribution is 5.94. The number of halogens is 1. The highest BCUT2D eigenvalue weighted by Gasteiger charge is 2.27. The fourth-order valence-electron chi connectivity index (χ4n) is 2.20. The van der Waals surface area contributed by atoms with Crippen molar-refractivity contribution < 1.29 is 9.18 Å². The number of amides is 1. The van der Waals surface area contributed by atoms with Gasteiger partial charge in [0.15, 0.2) is 0 Å². The van der Waals surface area contributed by atoms with E-state index in [-0.39, 0.29) is 17.1 Å². The molecule has 0 aliphatic carbocycles. The van der Waals surface area contributed by atoms with Crippen LogP contribution in [0.1, 0.15) is 30.1 Å². The van der Waals surface area contributed by atoms with Gasteiger partial charge in [-0.3, -0.25) is 4.79 Å². The molecule has 18 heavy (non-hydrogen) atoms. The summed E-state index contributed by atoms with van der Waals surface area (Å²) in [6.07, 6.45) is 2.13. The maximum absolute atomic E-state index is 12.7. The summed E-state index contributed by atoms with van der Waals surface area (Å²) in [5.41, 5.74) is 0.676. The largest absolute Gasteiger partial charge is 0.351 e. The molecule has 1 heterocycles. The van der Waals surface area contributed by atoms with E-state index in [0.717, 1.165) is 25.9 Å². The zero-order valence-corrected chi connectivity index (χ0v) is 10.6. The van der Waals surface area contributed by atoms with Crippen molar-refractivity contribution in [3.63, 3.8) is 0 Å². The summed E-state index contributed by atoms with van der Waals surface area (Å²) >= 11 is 0. The molecule has 1 aliphatic rings. The Labute approximate surface area is 107 Å². The van der Waals surface area contributed by atoms with Gasteiger partial charge in [-0.1, -0.05) is 6.92 Å². The lowest BCUT2D eigenvalue weighted by molar-refractivity contribution is 0.0922. The summed E-state index contributed by atoms with van der Waals surface area (Å²) in [7, 11) is 0. The summed E-state index contributed by atoms with van der Waals surface area (Å²) in [5, 5.41) is 6.25. The van der Waals surface area contributed by atoms with Crippen molar-refractivity contribution >= 4 is 5.91 Å². The lowest BCUT2D eigenvalue weighted by Gasteiger charge is -2.34. The van der Waals surface area contributed by atoms with Crippen molar-refractivity contribution in [1.29, 1.82) is 0 Å². The number of hydrogen-bond acceptors (Lipinski definition) is 2. The van der Waals surface area contributed by atoms with Crippen LogP contribution in [0, 0.1) is 11.2 Å². The maximum atomic E-state index is 12.7. The van der Waals surface area contributed by atoms with Crippen LogP contribution >= 0.6 is 0 Å². The zero-order valence-electron chi connectivity index (χ0n) is 10.6. The van der Waals surface area contributed by atoms with Crippen molar-refractivity contribution in [1.82, 2.24) is 10.6 Å². The molecule has 0 spiro atoms. The quantitative estimate of drug-likeness (QED) is 0.861. The Morgan fingerprint density at radius 2 is 1.94 bits per heavy atom. The number of carbonyl (C=O) groups is 1. The van der Waals surface area contributed by atoms with E-state index in [1.54, 1.807) is 0 Å². The first-order chi connectivity index (χ1) is 8.59. The molecule has 2 N–H and O–H groups in total. The minimum Gasteiger partial charge on any atom is -0.351 e. The standard InChI is InChI=1S/C14H19FN2O/c1-14(6-8-16-9-7-14)10-17-13(18)11-2-4-12(15)5-3-11/h2-5,16H,6-10H2,1H3,(H,17,18). The number of rotatable bonds is 3. The molecule has 0 aromatic heterocycles. The van der Waals surface area contributed by atoms with Gasteiger partial charge in [-0.05, 0) is 55.6 Å². The molecule has 2 rings (SSSR count). The van der Waals surface area contributed by atoms with Crippen LogP contribution in [-0.4, -0.2) is 25.5 Å². The third-order valence-corrected chi connectivity index (χ3v) is 3.59. The van der Waals surface area contributed by atoms with Crippen LogP contribution in [0.5, 0.6) is 0 Å². The highest BCUT2D eigenvalue weighted by atomic mass is 19.1. The number of carbonyl (C=O) groups excluding carboxylic acids is 1. The van der Waals surface area contributed by atoms with Crippen LogP contribution in [0.25, 0.3) is 0 Å². The van der Waals surface area contributed by atoms with E-state index in [1.165, 1.54) is 24.3 Å². The second kappa shape index (κ2) is 5.48. The van der Waals surface area contributed by atoms with Crippen LogP contribution in [0.2, 0.25) is 0 Å². The molecule has 0 atom stereocenters. The van der Waals surface area contributed by atoms with Gasteiger partial charge < -0.3 is 10.6 Å². The SMILES string of the molecule is CC1(CNC(=O)c2ccc(F)cc2)CCNCC1. The predicted octanol–water partition coefficient (Wildman–Crippen LogP) is 1.95. The molecule has 0 radical (unpaired) electrons. The van der Waals surface area contributed by atoms with Crippen molar-refractivity contribution in [2.45, 2.75) is 19.8 Å². The molecule has 1 aromatic rings. The molecule has 1 fully saturated rings. The summed E-state index contributed by atoms with van der Waals surface area (Å²) < 4.78 is 12.7. The van der Waals surface area contributed by atoms with Crippen LogP contribution < -0.4 is 10.6 Å². The Bertz CT molecular complexity index is 410. The average Bonchev–Trinajstić information content (AvgIpc) is 2.38. The van der Waals surface area contributed by atoms with E-state index in [9.17, 15) is 9.18 Å². The van der Waals surface area contributed by atoms with Gasteiger partial charge >= 0.3 is 0 Å². The second-order valence-electron chi connectivity index (χ2n) is 5.25. The molecule has 1 aliphatic heterocycles. The fraction of sp³-hybridized carbons (Fsp3) is 0.500. The number of hydrogen-bond donors (Lipinski definition) is 2. The van der Waals surface area contributed by atoms with Crippen LogP contribution in [0.3, 0.4) is 0 Å². The third-order valence-electron chi connectivity index (χ3n) is 3.59. The molecule has 4 heteroatoms. The number of benzene rings is 1. The van der Waals surface area contributed by atoms with Crippen LogP contribution in [0.4, 0.5) is 4.39 Å². The first-order valence-electron chi connectivity index (χ1n) is 6.34. The van der Waals surface area contributed by atoms with E-state index in [1.807, 2.05) is 0 Å². The molecular weight excluding hydrogens is 231 g/mol. The molecule has 0 unspecified atom stereocenters. The molecular formula is C14H19FN2O. The van der Waals surface area contributed by atoms with E-state index >= 15 is 0 Å². The molecule has 1 aromatic carbocycles. The molecule has 3 nitrogen and oxygen atoms in total. The summed E-state index contributed by atoms with van der Waals surface area (Å²) in [5.74, 6) is -0.452. The predicted molar refractivity (Wildman–Crippen MR) is 68.9 cm³/mol. The van der Waals surface area contributed by atoms with E-state index in [2.05, 4.69) is 17.6 Å². The van der Waals surface area contributed by atoms with Crippen LogP contribution in [-0.2, 0) is 0 Å². The molecule has 0 saturated carbocycles. The lowest BCUT2D eigenvalue weighted by Crippen LogP contribution is -2.42. The number of nitrogens with one attached hydrogen (secondary N) is 2. The minimum absolute atomic E-state index is 0.130. The molecule has 98 valence electrons. The fourth-order valence-corrected chi connectivity index (χ4v) is 2.20. The van der Waals surface area contributed by atoms with E-state index in [4.69, 9.17) is 0 Å². The van der Waals surface area contributed by atoms with Crippen LogP contribution in [0.15, 0.2) is 24.3 Å². The molecule has 0 bridgehead atoms. The summed E-state index contributed by atoms with van der Waals surface area (Å²) in [6.45, 7) is 4.87. The Kier molecular flexibility index (Phi) is 3.97. The van der Waals surface area contributed by atoms with Gasteiger partial charge in [-0.2, -0.15) is 0 Å². The Morgan fingerprint density at radius 3 is 2.56 bits per heavy atom. The molecule has 1 saturated heterocycles. The highest BCUT2D eigenvalue weighted by Crippen LogP contribution is 2.26. The van der Waals surface area contributed by atoms with Gasteiger partial charge in [0, 0.05) is 12.1 Å². The Balaban J connectivity index is 1.89. The average molecular weight is 250 g/mol. The first kappa shape index (κ1) is 13.0. The zero-order chi connectivity index (χ0) is 13.0. The van der Waals surface area contributed by atoms with Gasteiger partial charge in [0.05, 0.1) is 0 Å². The van der Waals surface area contributed by atoms with E-state index < -0.39 is 0 Å². The molecule has 1 amide bonds. The topological polar surface area (TPSA) is 41.1 Å². The van der Waals surface area contributed by atoms with Gasteiger partial charge in [-0.25, -0.2) is 4.39 Å². The van der Waals surface area contributed by atoms with Crippen molar-refractivity contribution in [2.75, 3.05) is 19.6 Å². The van der Waals surface area contributed by atoms with Gasteiger partial charge in [-0.15, -0.1) is 0 Å². The van der Waals surface area contributed by atoms with Gasteiger partial charge in [0.25, 0.3) is 5.91 Å². The van der Waals surface area contributed by atoms with Gasteiger partial charge in [0.2, 0.25) is 0 Å². The smallest absolute Gasteiger partial charge is 0.251 e. The lowest BCUT2D eigenvalue weighted by atomic mass is 9.81. The Hall–Kier alpha value is -1.42. The monoisotopic (exact) mass is 250 g/mol. The second-order valence-corrected chi connectivity index (χ2v) is 5.25.